The predicted molar refractivity (Wildman–Crippen MR) is 54.3 cm³/mol. The molecule has 0 aliphatic heterocycles. The van der Waals surface area contributed by atoms with E-state index in [1.54, 1.807) is 0 Å². The molecule has 1 heteroatoms. The van der Waals surface area contributed by atoms with Crippen LogP contribution in [-0.2, 0) is 0 Å². The van der Waals surface area contributed by atoms with Gasteiger partial charge in [0, 0.05) is 5.54 Å². The Kier molecular flexibility index (Phi) is 1.74. The van der Waals surface area contributed by atoms with E-state index in [2.05, 4.69) is 0 Å². The fourth-order valence-corrected chi connectivity index (χ4v) is 4.22. The summed E-state index contributed by atoms with van der Waals surface area (Å²) in [7, 11) is 0. The van der Waals surface area contributed by atoms with Crippen molar-refractivity contribution >= 4 is 0 Å². The summed E-state index contributed by atoms with van der Waals surface area (Å²) in [5.74, 6) is 3.02. The summed E-state index contributed by atoms with van der Waals surface area (Å²) in [6.07, 6.45) is 11.4. The van der Waals surface area contributed by atoms with Crippen molar-refractivity contribution in [2.24, 2.45) is 23.5 Å². The summed E-state index contributed by atoms with van der Waals surface area (Å²) >= 11 is 0. The summed E-state index contributed by atoms with van der Waals surface area (Å²) in [5, 5.41) is 0. The molecule has 2 N–H and O–H groups in total. The first-order valence-corrected chi connectivity index (χ1v) is 6.07. The molecule has 0 amide bonds. The van der Waals surface area contributed by atoms with Crippen LogP contribution in [0.4, 0.5) is 0 Å². The quantitative estimate of drug-likeness (QED) is 0.608. The van der Waals surface area contributed by atoms with Gasteiger partial charge in [0.15, 0.2) is 0 Å². The van der Waals surface area contributed by atoms with Crippen molar-refractivity contribution in [2.75, 3.05) is 0 Å². The Morgan fingerprint density at radius 2 is 1.31 bits per heavy atom. The minimum Gasteiger partial charge on any atom is -0.325 e. The fourth-order valence-electron chi connectivity index (χ4n) is 4.22. The molecule has 13 heavy (non-hydrogen) atoms. The molecule has 0 heterocycles. The molecule has 0 unspecified atom stereocenters. The average molecular weight is 179 g/mol. The SMILES string of the molecule is NC12CCC(CC1)C1CCC2CC1. The maximum atomic E-state index is 6.55. The Morgan fingerprint density at radius 3 is 1.92 bits per heavy atom. The number of rotatable bonds is 0. The third-order valence-corrected chi connectivity index (χ3v) is 5.21. The zero-order valence-electron chi connectivity index (χ0n) is 8.47. The first-order chi connectivity index (χ1) is 6.28. The summed E-state index contributed by atoms with van der Waals surface area (Å²) in [5.41, 5.74) is 6.81. The second-order valence-electron chi connectivity index (χ2n) is 5.68. The summed E-state index contributed by atoms with van der Waals surface area (Å²) < 4.78 is 0. The second kappa shape index (κ2) is 2.73. The number of hydrogen-bond donors (Lipinski definition) is 1. The van der Waals surface area contributed by atoms with Gasteiger partial charge >= 0.3 is 0 Å². The van der Waals surface area contributed by atoms with E-state index in [1.165, 1.54) is 51.4 Å². The van der Waals surface area contributed by atoms with Gasteiger partial charge in [0.2, 0.25) is 0 Å². The molecular formula is C12H21N. The van der Waals surface area contributed by atoms with Crippen LogP contribution in [0.25, 0.3) is 0 Å². The molecule has 6 rings (SSSR count). The molecule has 6 aliphatic rings. The third kappa shape index (κ3) is 1.16. The van der Waals surface area contributed by atoms with Crippen LogP contribution in [0.3, 0.4) is 0 Å². The Morgan fingerprint density at radius 1 is 0.769 bits per heavy atom. The lowest BCUT2D eigenvalue weighted by Crippen LogP contribution is -2.54. The van der Waals surface area contributed by atoms with Gasteiger partial charge in [-0.2, -0.15) is 0 Å². The Labute approximate surface area is 81.1 Å². The van der Waals surface area contributed by atoms with Crippen LogP contribution >= 0.6 is 0 Å². The van der Waals surface area contributed by atoms with Gasteiger partial charge in [-0.3, -0.25) is 0 Å². The van der Waals surface area contributed by atoms with Crippen LogP contribution in [-0.4, -0.2) is 5.54 Å². The van der Waals surface area contributed by atoms with Crippen molar-refractivity contribution in [3.05, 3.63) is 0 Å². The molecule has 0 atom stereocenters. The second-order valence-corrected chi connectivity index (χ2v) is 5.68. The molecular weight excluding hydrogens is 158 g/mol. The molecule has 0 aromatic rings. The monoisotopic (exact) mass is 179 g/mol. The van der Waals surface area contributed by atoms with Crippen LogP contribution < -0.4 is 5.73 Å². The topological polar surface area (TPSA) is 26.0 Å². The van der Waals surface area contributed by atoms with E-state index in [0.29, 0.717) is 0 Å². The highest BCUT2D eigenvalue weighted by Crippen LogP contribution is 2.51. The first-order valence-electron chi connectivity index (χ1n) is 6.07. The van der Waals surface area contributed by atoms with Gasteiger partial charge in [-0.25, -0.2) is 0 Å². The van der Waals surface area contributed by atoms with Crippen molar-refractivity contribution in [1.82, 2.24) is 0 Å². The maximum absolute atomic E-state index is 6.55. The Hall–Kier alpha value is -0.0400. The summed E-state index contributed by atoms with van der Waals surface area (Å²) in [6.45, 7) is 0. The molecule has 6 fully saturated rings. The minimum absolute atomic E-state index is 0.266. The largest absolute Gasteiger partial charge is 0.325 e. The zero-order valence-corrected chi connectivity index (χ0v) is 8.47. The van der Waals surface area contributed by atoms with E-state index in [4.69, 9.17) is 5.73 Å². The number of nitrogens with two attached hydrogens (primary N) is 1. The molecule has 6 aliphatic carbocycles. The number of hydrogen-bond acceptors (Lipinski definition) is 1. The highest BCUT2D eigenvalue weighted by molar-refractivity contribution is 5.01. The molecule has 0 spiro atoms. The molecule has 1 nitrogen and oxygen atoms in total. The highest BCUT2D eigenvalue weighted by atomic mass is 14.8. The smallest absolute Gasteiger partial charge is 0.0183 e. The van der Waals surface area contributed by atoms with E-state index >= 15 is 0 Å². The van der Waals surface area contributed by atoms with Crippen molar-refractivity contribution in [1.29, 1.82) is 0 Å². The standard InChI is InChI=1S/C12H21N/c13-12-7-5-10(6-8-12)9-1-3-11(12)4-2-9/h9-11H,1-8,13H2. The highest BCUT2D eigenvalue weighted by Gasteiger charge is 2.45. The summed E-state index contributed by atoms with van der Waals surface area (Å²) in [4.78, 5) is 0. The molecule has 0 saturated heterocycles. The van der Waals surface area contributed by atoms with Gasteiger partial charge < -0.3 is 5.73 Å². The lowest BCUT2D eigenvalue weighted by atomic mass is 9.57. The van der Waals surface area contributed by atoms with Gasteiger partial charge in [-0.05, 0) is 69.1 Å². The van der Waals surface area contributed by atoms with Crippen LogP contribution in [0, 0.1) is 17.8 Å². The van der Waals surface area contributed by atoms with Crippen LogP contribution in [0.5, 0.6) is 0 Å². The average Bonchev–Trinajstić information content (AvgIpc) is 2.16. The summed E-state index contributed by atoms with van der Waals surface area (Å²) in [6, 6.07) is 0. The maximum Gasteiger partial charge on any atom is 0.0183 e. The van der Waals surface area contributed by atoms with E-state index in [0.717, 1.165) is 17.8 Å². The lowest BCUT2D eigenvalue weighted by Gasteiger charge is -2.52. The van der Waals surface area contributed by atoms with E-state index < -0.39 is 0 Å². The van der Waals surface area contributed by atoms with Crippen molar-refractivity contribution in [3.63, 3.8) is 0 Å². The van der Waals surface area contributed by atoms with E-state index in [-0.39, 0.29) is 5.54 Å². The molecule has 6 saturated carbocycles. The van der Waals surface area contributed by atoms with Gasteiger partial charge in [-0.1, -0.05) is 0 Å². The molecule has 0 aromatic carbocycles. The molecule has 0 radical (unpaired) electrons. The first kappa shape index (κ1) is 8.28. The van der Waals surface area contributed by atoms with Crippen LogP contribution in [0.15, 0.2) is 0 Å². The van der Waals surface area contributed by atoms with Gasteiger partial charge in [-0.15, -0.1) is 0 Å². The molecule has 4 bridgehead atoms. The van der Waals surface area contributed by atoms with E-state index in [9.17, 15) is 0 Å². The molecule has 74 valence electrons. The Bertz CT molecular complexity index is 195. The predicted octanol–water partition coefficient (Wildman–Crippen LogP) is 2.69. The van der Waals surface area contributed by atoms with Gasteiger partial charge in [0.25, 0.3) is 0 Å². The van der Waals surface area contributed by atoms with Crippen molar-refractivity contribution in [3.8, 4) is 0 Å². The lowest BCUT2D eigenvalue weighted by molar-refractivity contribution is 0.0338. The molecule has 0 aromatic heterocycles. The van der Waals surface area contributed by atoms with Gasteiger partial charge in [0.05, 0.1) is 0 Å². The van der Waals surface area contributed by atoms with Gasteiger partial charge in [0.1, 0.15) is 0 Å². The third-order valence-electron chi connectivity index (χ3n) is 5.21. The van der Waals surface area contributed by atoms with Crippen molar-refractivity contribution in [2.45, 2.75) is 56.9 Å². The minimum atomic E-state index is 0.266. The van der Waals surface area contributed by atoms with E-state index in [1.807, 2.05) is 0 Å². The normalized spacial score (nSPS) is 54.7. The van der Waals surface area contributed by atoms with Crippen LogP contribution in [0.2, 0.25) is 0 Å². The fraction of sp³-hybridized carbons (Fsp3) is 1.00. The van der Waals surface area contributed by atoms with Crippen molar-refractivity contribution < 1.29 is 0 Å². The Balaban J connectivity index is 1.93. The zero-order chi connectivity index (χ0) is 8.89. The van der Waals surface area contributed by atoms with Crippen LogP contribution in [0.1, 0.15) is 51.4 Å².